The van der Waals surface area contributed by atoms with Crippen LogP contribution in [-0.2, 0) is 14.9 Å². The Morgan fingerprint density at radius 3 is 2.46 bits per heavy atom. The van der Waals surface area contributed by atoms with Gasteiger partial charge < -0.3 is 15.4 Å². The van der Waals surface area contributed by atoms with Gasteiger partial charge in [-0.25, -0.2) is 4.39 Å². The minimum atomic E-state index is -0.222. The van der Waals surface area contributed by atoms with Crippen molar-refractivity contribution in [2.24, 2.45) is 5.92 Å². The molecule has 0 radical (unpaired) electrons. The molecule has 1 aromatic carbocycles. The van der Waals surface area contributed by atoms with Crippen LogP contribution in [-0.4, -0.2) is 37.7 Å². The van der Waals surface area contributed by atoms with Gasteiger partial charge in [0.2, 0.25) is 5.91 Å². The van der Waals surface area contributed by atoms with Crippen molar-refractivity contribution in [3.63, 3.8) is 0 Å². The van der Waals surface area contributed by atoms with Crippen LogP contribution in [0.3, 0.4) is 0 Å². The van der Waals surface area contributed by atoms with Crippen molar-refractivity contribution in [2.45, 2.75) is 62.4 Å². The predicted octanol–water partition coefficient (Wildman–Crippen LogP) is 2.91. The van der Waals surface area contributed by atoms with Crippen molar-refractivity contribution in [1.29, 1.82) is 0 Å². The van der Waals surface area contributed by atoms with E-state index >= 15 is 0 Å². The molecule has 2 bridgehead atoms. The number of amides is 1. The number of fused-ring (bicyclic) bond motifs is 2. The second kappa shape index (κ2) is 7.65. The van der Waals surface area contributed by atoms with Gasteiger partial charge in [-0.05, 0) is 62.1 Å². The van der Waals surface area contributed by atoms with Crippen LogP contribution in [0.4, 0.5) is 4.39 Å². The summed E-state index contributed by atoms with van der Waals surface area (Å²) in [6.45, 7) is 1.98. The molecule has 2 unspecified atom stereocenters. The Bertz CT molecular complexity index is 615. The number of halogens is 1. The maximum atomic E-state index is 13.3. The van der Waals surface area contributed by atoms with Crippen LogP contribution in [0.15, 0.2) is 24.3 Å². The molecule has 3 aliphatic rings. The molecule has 142 valence electrons. The third kappa shape index (κ3) is 3.94. The summed E-state index contributed by atoms with van der Waals surface area (Å²) < 4.78 is 18.9. The van der Waals surface area contributed by atoms with Crippen molar-refractivity contribution in [3.05, 3.63) is 35.6 Å². The van der Waals surface area contributed by atoms with Gasteiger partial charge in [-0.2, -0.15) is 0 Å². The molecule has 0 aromatic heterocycles. The Morgan fingerprint density at radius 1 is 1.15 bits per heavy atom. The van der Waals surface area contributed by atoms with Gasteiger partial charge in [-0.15, -0.1) is 0 Å². The molecule has 1 aromatic rings. The fourth-order valence-corrected chi connectivity index (χ4v) is 5.08. The lowest BCUT2D eigenvalue weighted by Crippen LogP contribution is -2.45. The van der Waals surface area contributed by atoms with E-state index in [-0.39, 0.29) is 17.1 Å². The molecule has 0 saturated carbocycles. The largest absolute Gasteiger partial charge is 0.381 e. The van der Waals surface area contributed by atoms with Gasteiger partial charge in [0.25, 0.3) is 0 Å². The molecule has 3 fully saturated rings. The van der Waals surface area contributed by atoms with E-state index in [4.69, 9.17) is 4.74 Å². The quantitative estimate of drug-likeness (QED) is 0.849. The fraction of sp³-hybridized carbons (Fsp3) is 0.667. The minimum absolute atomic E-state index is 0.144. The summed E-state index contributed by atoms with van der Waals surface area (Å²) in [4.78, 5) is 12.6. The van der Waals surface area contributed by atoms with Crippen molar-refractivity contribution in [2.75, 3.05) is 19.8 Å². The van der Waals surface area contributed by atoms with E-state index in [1.807, 2.05) is 12.1 Å². The zero-order valence-electron chi connectivity index (χ0n) is 15.3. The molecule has 0 aliphatic carbocycles. The number of ether oxygens (including phenoxy) is 1. The molecule has 2 atom stereocenters. The minimum Gasteiger partial charge on any atom is -0.381 e. The Kier molecular flexibility index (Phi) is 5.28. The van der Waals surface area contributed by atoms with Crippen molar-refractivity contribution >= 4 is 5.91 Å². The van der Waals surface area contributed by atoms with Crippen LogP contribution in [0.2, 0.25) is 0 Å². The van der Waals surface area contributed by atoms with E-state index in [0.717, 1.165) is 31.2 Å². The van der Waals surface area contributed by atoms with Crippen LogP contribution in [0, 0.1) is 11.7 Å². The normalized spacial score (nSPS) is 30.1. The monoisotopic (exact) mass is 360 g/mol. The Morgan fingerprint density at radius 2 is 1.81 bits per heavy atom. The van der Waals surface area contributed by atoms with Gasteiger partial charge in [0.05, 0.1) is 0 Å². The summed E-state index contributed by atoms with van der Waals surface area (Å²) in [5.74, 6) is 0.440. The second-order valence-electron chi connectivity index (χ2n) is 8.36. The smallest absolute Gasteiger partial charge is 0.220 e. The number of carbonyl (C=O) groups excluding carboxylic acids is 1. The standard InChI is InChI=1S/C21H29FN2O2/c22-17-3-1-16(2-4-17)21(7-9-26-10-8-21)14-23-20(25)13-15-11-18-5-6-19(12-15)24-18/h1-4,15,18-19,24H,5-14H2,(H,23,25). The SMILES string of the molecule is O=C(CC1CC2CCC(C1)N2)NCC1(c2ccc(F)cc2)CCOCC1. The third-order valence-electron chi connectivity index (χ3n) is 6.58. The van der Waals surface area contributed by atoms with Crippen LogP contribution in [0.25, 0.3) is 0 Å². The topological polar surface area (TPSA) is 50.4 Å². The van der Waals surface area contributed by atoms with Crippen LogP contribution < -0.4 is 10.6 Å². The van der Waals surface area contributed by atoms with Crippen LogP contribution >= 0.6 is 0 Å². The van der Waals surface area contributed by atoms with E-state index in [1.165, 1.54) is 25.0 Å². The molecular formula is C21H29FN2O2. The zero-order valence-corrected chi connectivity index (χ0v) is 15.3. The molecule has 4 rings (SSSR count). The fourth-order valence-electron chi connectivity index (χ4n) is 5.08. The van der Waals surface area contributed by atoms with Crippen LogP contribution in [0.1, 0.15) is 50.5 Å². The highest BCUT2D eigenvalue weighted by atomic mass is 19.1. The highest BCUT2D eigenvalue weighted by Crippen LogP contribution is 2.35. The van der Waals surface area contributed by atoms with Crippen molar-refractivity contribution < 1.29 is 13.9 Å². The van der Waals surface area contributed by atoms with Gasteiger partial charge in [0.15, 0.2) is 0 Å². The Hall–Kier alpha value is -1.46. The summed E-state index contributed by atoms with van der Waals surface area (Å²) >= 11 is 0. The van der Waals surface area contributed by atoms with E-state index < -0.39 is 0 Å². The average Bonchev–Trinajstić information content (AvgIpc) is 3.00. The maximum absolute atomic E-state index is 13.3. The summed E-state index contributed by atoms with van der Waals surface area (Å²) in [6.07, 6.45) is 7.12. The van der Waals surface area contributed by atoms with E-state index in [9.17, 15) is 9.18 Å². The number of hydrogen-bond acceptors (Lipinski definition) is 3. The van der Waals surface area contributed by atoms with Gasteiger partial charge in [0.1, 0.15) is 5.82 Å². The first-order valence-corrected chi connectivity index (χ1v) is 9.99. The molecule has 0 spiro atoms. The lowest BCUT2D eigenvalue weighted by Gasteiger charge is -2.38. The van der Waals surface area contributed by atoms with Crippen molar-refractivity contribution in [1.82, 2.24) is 10.6 Å². The average molecular weight is 360 g/mol. The van der Waals surface area contributed by atoms with E-state index in [2.05, 4.69) is 10.6 Å². The first-order valence-electron chi connectivity index (χ1n) is 9.99. The number of carbonyl (C=O) groups is 1. The van der Waals surface area contributed by atoms with E-state index in [0.29, 0.717) is 44.2 Å². The van der Waals surface area contributed by atoms with Gasteiger partial charge in [-0.3, -0.25) is 4.79 Å². The molecule has 2 N–H and O–H groups in total. The highest BCUT2D eigenvalue weighted by Gasteiger charge is 2.36. The van der Waals surface area contributed by atoms with Gasteiger partial charge in [0, 0.05) is 43.7 Å². The number of nitrogens with one attached hydrogen (secondary N) is 2. The zero-order chi connectivity index (χ0) is 18.0. The maximum Gasteiger partial charge on any atom is 0.220 e. The number of piperidine rings is 1. The third-order valence-corrected chi connectivity index (χ3v) is 6.58. The predicted molar refractivity (Wildman–Crippen MR) is 98.4 cm³/mol. The number of hydrogen-bond donors (Lipinski definition) is 2. The van der Waals surface area contributed by atoms with Gasteiger partial charge in [-0.1, -0.05) is 12.1 Å². The number of benzene rings is 1. The molecule has 26 heavy (non-hydrogen) atoms. The molecule has 3 heterocycles. The Labute approximate surface area is 154 Å². The number of rotatable bonds is 5. The summed E-state index contributed by atoms with van der Waals surface area (Å²) in [5.41, 5.74) is 0.955. The first kappa shape index (κ1) is 17.9. The summed E-state index contributed by atoms with van der Waals surface area (Å²) in [6, 6.07) is 7.98. The first-order chi connectivity index (χ1) is 12.6. The summed E-state index contributed by atoms with van der Waals surface area (Å²) in [5, 5.41) is 6.83. The molecule has 3 saturated heterocycles. The molecule has 5 heteroatoms. The lowest BCUT2D eigenvalue weighted by atomic mass is 9.74. The van der Waals surface area contributed by atoms with Crippen molar-refractivity contribution in [3.8, 4) is 0 Å². The lowest BCUT2D eigenvalue weighted by molar-refractivity contribution is -0.122. The molecule has 4 nitrogen and oxygen atoms in total. The van der Waals surface area contributed by atoms with Gasteiger partial charge >= 0.3 is 0 Å². The molecular weight excluding hydrogens is 331 g/mol. The molecule has 1 amide bonds. The van der Waals surface area contributed by atoms with Crippen LogP contribution in [0.5, 0.6) is 0 Å². The Balaban J connectivity index is 1.37. The summed E-state index contributed by atoms with van der Waals surface area (Å²) in [7, 11) is 0. The molecule has 3 aliphatic heterocycles. The highest BCUT2D eigenvalue weighted by molar-refractivity contribution is 5.76. The van der Waals surface area contributed by atoms with E-state index in [1.54, 1.807) is 0 Å². The second-order valence-corrected chi connectivity index (χ2v) is 8.36.